The van der Waals surface area contributed by atoms with E-state index >= 15 is 0 Å². The Hall–Kier alpha value is -1.62. The van der Waals surface area contributed by atoms with Gasteiger partial charge in [-0.1, -0.05) is 35.0 Å². The standard InChI is InChI=1S/C13H12BrNO3/c1-2-9(14)12(17)8-6-7-4-3-5-10(16)11(7)15-13(8)18/h3-6,9,16H,2H2,1H3,(H,15,18). The van der Waals surface area contributed by atoms with E-state index in [0.717, 1.165) is 0 Å². The number of ketones is 1. The van der Waals surface area contributed by atoms with E-state index in [4.69, 9.17) is 0 Å². The molecule has 2 aromatic rings. The number of aromatic hydroxyl groups is 1. The molecule has 5 heteroatoms. The van der Waals surface area contributed by atoms with Crippen LogP contribution in [0.4, 0.5) is 0 Å². The number of rotatable bonds is 3. The van der Waals surface area contributed by atoms with Gasteiger partial charge in [0.15, 0.2) is 5.78 Å². The molecule has 2 rings (SSSR count). The SMILES string of the molecule is CCC(Br)C(=O)c1cc2cccc(O)c2[nH]c1=O. The molecule has 0 aliphatic heterocycles. The Morgan fingerprint density at radius 3 is 2.89 bits per heavy atom. The molecule has 4 nitrogen and oxygen atoms in total. The third-order valence-electron chi connectivity index (χ3n) is 2.77. The lowest BCUT2D eigenvalue weighted by Crippen LogP contribution is -2.23. The molecule has 1 heterocycles. The number of alkyl halides is 1. The number of Topliss-reactive ketones (excluding diaryl/α,β-unsaturated/α-hetero) is 1. The normalized spacial score (nSPS) is 12.6. The third kappa shape index (κ3) is 2.18. The summed E-state index contributed by atoms with van der Waals surface area (Å²) >= 11 is 3.24. The molecule has 1 unspecified atom stereocenters. The van der Waals surface area contributed by atoms with Gasteiger partial charge in [0.2, 0.25) is 0 Å². The second-order valence-electron chi connectivity index (χ2n) is 3.99. The van der Waals surface area contributed by atoms with Gasteiger partial charge >= 0.3 is 0 Å². The lowest BCUT2D eigenvalue weighted by molar-refractivity contribution is 0.0989. The summed E-state index contributed by atoms with van der Waals surface area (Å²) in [5.74, 6) is -0.251. The van der Waals surface area contributed by atoms with Crippen molar-refractivity contribution in [1.82, 2.24) is 4.98 Å². The molecule has 1 atom stereocenters. The molecule has 94 valence electrons. The van der Waals surface area contributed by atoms with Crippen LogP contribution in [0.25, 0.3) is 10.9 Å². The molecule has 2 N–H and O–H groups in total. The molecule has 0 aliphatic carbocycles. The van der Waals surface area contributed by atoms with Gasteiger partial charge in [0.1, 0.15) is 5.75 Å². The van der Waals surface area contributed by atoms with Gasteiger partial charge in [0.25, 0.3) is 5.56 Å². The quantitative estimate of drug-likeness (QED) is 0.676. The summed E-state index contributed by atoms with van der Waals surface area (Å²) in [5, 5.41) is 10.2. The molecule has 0 fully saturated rings. The largest absolute Gasteiger partial charge is 0.506 e. The van der Waals surface area contributed by atoms with Crippen LogP contribution in [0.1, 0.15) is 23.7 Å². The summed E-state index contributed by atoms with van der Waals surface area (Å²) in [4.78, 5) is 26.0. The predicted octanol–water partition coefficient (Wildman–Crippen LogP) is 2.59. The van der Waals surface area contributed by atoms with E-state index in [1.807, 2.05) is 6.92 Å². The topological polar surface area (TPSA) is 70.2 Å². The van der Waals surface area contributed by atoms with E-state index in [1.54, 1.807) is 12.1 Å². The van der Waals surface area contributed by atoms with Crippen molar-refractivity contribution in [3.63, 3.8) is 0 Å². The van der Waals surface area contributed by atoms with Gasteiger partial charge < -0.3 is 10.1 Å². The Morgan fingerprint density at radius 2 is 2.22 bits per heavy atom. The molecule has 0 spiro atoms. The van der Waals surface area contributed by atoms with Gasteiger partial charge in [-0.2, -0.15) is 0 Å². The number of nitrogens with one attached hydrogen (secondary N) is 1. The smallest absolute Gasteiger partial charge is 0.259 e. The number of benzene rings is 1. The Labute approximate surface area is 112 Å². The number of carbonyl (C=O) groups is 1. The fraction of sp³-hybridized carbons (Fsp3) is 0.231. The number of hydrogen-bond acceptors (Lipinski definition) is 3. The summed E-state index contributed by atoms with van der Waals surface area (Å²) in [6, 6.07) is 6.39. The number of aromatic nitrogens is 1. The van der Waals surface area contributed by atoms with Crippen molar-refractivity contribution >= 4 is 32.6 Å². The Kier molecular flexibility index (Phi) is 3.52. The number of halogens is 1. The van der Waals surface area contributed by atoms with Crippen LogP contribution in [0.5, 0.6) is 5.75 Å². The van der Waals surface area contributed by atoms with Crippen LogP contribution in [0, 0.1) is 0 Å². The maximum absolute atomic E-state index is 12.0. The lowest BCUT2D eigenvalue weighted by atomic mass is 10.1. The van der Waals surface area contributed by atoms with E-state index in [9.17, 15) is 14.7 Å². The van der Waals surface area contributed by atoms with Crippen LogP contribution in [-0.4, -0.2) is 20.7 Å². The molecule has 0 aliphatic rings. The highest BCUT2D eigenvalue weighted by molar-refractivity contribution is 9.10. The van der Waals surface area contributed by atoms with Gasteiger partial charge in [-0.25, -0.2) is 0 Å². The predicted molar refractivity (Wildman–Crippen MR) is 73.6 cm³/mol. The number of H-pyrrole nitrogens is 1. The number of aromatic amines is 1. The van der Waals surface area contributed by atoms with Gasteiger partial charge in [0.05, 0.1) is 15.9 Å². The van der Waals surface area contributed by atoms with Crippen LogP contribution in [-0.2, 0) is 0 Å². The monoisotopic (exact) mass is 309 g/mol. The van der Waals surface area contributed by atoms with Crippen molar-refractivity contribution in [3.8, 4) is 5.75 Å². The van der Waals surface area contributed by atoms with E-state index in [-0.39, 0.29) is 21.9 Å². The first kappa shape index (κ1) is 12.8. The zero-order valence-corrected chi connectivity index (χ0v) is 11.3. The van der Waals surface area contributed by atoms with Crippen molar-refractivity contribution in [1.29, 1.82) is 0 Å². The highest BCUT2D eigenvalue weighted by atomic mass is 79.9. The van der Waals surface area contributed by atoms with Gasteiger partial charge in [-0.3, -0.25) is 9.59 Å². The van der Waals surface area contributed by atoms with Crippen LogP contribution in [0.3, 0.4) is 0 Å². The minimum atomic E-state index is -0.480. The Bertz CT molecular complexity index is 663. The average molecular weight is 310 g/mol. The first-order chi connectivity index (χ1) is 8.54. The maximum Gasteiger partial charge on any atom is 0.259 e. The molecule has 0 amide bonds. The first-order valence-corrected chi connectivity index (χ1v) is 6.49. The fourth-order valence-electron chi connectivity index (χ4n) is 1.75. The van der Waals surface area contributed by atoms with E-state index in [0.29, 0.717) is 17.3 Å². The zero-order valence-electron chi connectivity index (χ0n) is 9.74. The first-order valence-electron chi connectivity index (χ1n) is 5.58. The lowest BCUT2D eigenvalue weighted by Gasteiger charge is -2.07. The van der Waals surface area contributed by atoms with Crippen molar-refractivity contribution in [2.75, 3.05) is 0 Å². The molecule has 1 aromatic heterocycles. The molecular formula is C13H12BrNO3. The number of phenolic OH excluding ortho intramolecular Hbond substituents is 1. The van der Waals surface area contributed by atoms with E-state index in [2.05, 4.69) is 20.9 Å². The van der Waals surface area contributed by atoms with Gasteiger partial charge in [-0.05, 0) is 18.6 Å². The number of pyridine rings is 1. The van der Waals surface area contributed by atoms with Crippen molar-refractivity contribution in [3.05, 3.63) is 40.2 Å². The summed E-state index contributed by atoms with van der Waals surface area (Å²) in [7, 11) is 0. The molecule has 0 bridgehead atoms. The van der Waals surface area contributed by atoms with Gasteiger partial charge in [0, 0.05) is 5.39 Å². The van der Waals surface area contributed by atoms with Crippen LogP contribution < -0.4 is 5.56 Å². The average Bonchev–Trinajstić information content (AvgIpc) is 2.37. The Morgan fingerprint density at radius 1 is 1.50 bits per heavy atom. The van der Waals surface area contributed by atoms with Crippen LogP contribution >= 0.6 is 15.9 Å². The number of hydrogen-bond donors (Lipinski definition) is 2. The van der Waals surface area contributed by atoms with Crippen molar-refractivity contribution in [2.24, 2.45) is 0 Å². The van der Waals surface area contributed by atoms with Crippen LogP contribution in [0.2, 0.25) is 0 Å². The molecule has 1 aromatic carbocycles. The maximum atomic E-state index is 12.0. The summed E-state index contributed by atoms with van der Waals surface area (Å²) in [6.45, 7) is 1.86. The number of phenols is 1. The highest BCUT2D eigenvalue weighted by Crippen LogP contribution is 2.22. The number of para-hydroxylation sites is 1. The van der Waals surface area contributed by atoms with Gasteiger partial charge in [-0.15, -0.1) is 0 Å². The Balaban J connectivity index is 2.64. The minimum absolute atomic E-state index is 0.00511. The minimum Gasteiger partial charge on any atom is -0.506 e. The molecule has 0 saturated heterocycles. The van der Waals surface area contributed by atoms with Crippen molar-refractivity contribution in [2.45, 2.75) is 18.2 Å². The summed E-state index contributed by atoms with van der Waals surface area (Å²) in [6.07, 6.45) is 0.607. The molecule has 0 radical (unpaired) electrons. The molecule has 18 heavy (non-hydrogen) atoms. The van der Waals surface area contributed by atoms with Crippen LogP contribution in [0.15, 0.2) is 29.1 Å². The fourth-order valence-corrected chi connectivity index (χ4v) is 2.00. The second kappa shape index (κ2) is 4.94. The zero-order chi connectivity index (χ0) is 13.3. The van der Waals surface area contributed by atoms with E-state index < -0.39 is 5.56 Å². The number of fused-ring (bicyclic) bond motifs is 1. The highest BCUT2D eigenvalue weighted by Gasteiger charge is 2.19. The molecule has 0 saturated carbocycles. The number of carbonyl (C=O) groups excluding carboxylic acids is 1. The second-order valence-corrected chi connectivity index (χ2v) is 5.10. The summed E-state index contributed by atoms with van der Waals surface area (Å²) in [5.41, 5.74) is -0.0228. The van der Waals surface area contributed by atoms with E-state index in [1.165, 1.54) is 12.1 Å². The van der Waals surface area contributed by atoms with Crippen molar-refractivity contribution < 1.29 is 9.90 Å². The third-order valence-corrected chi connectivity index (χ3v) is 3.83. The summed E-state index contributed by atoms with van der Waals surface area (Å²) < 4.78 is 0. The molecular weight excluding hydrogens is 298 g/mol.